The van der Waals surface area contributed by atoms with Crippen LogP contribution in [0.15, 0.2) is 24.3 Å². The van der Waals surface area contributed by atoms with Crippen LogP contribution in [-0.2, 0) is 4.79 Å². The van der Waals surface area contributed by atoms with Gasteiger partial charge in [0.15, 0.2) is 0 Å². The Balaban J connectivity index is 2.94. The van der Waals surface area contributed by atoms with Crippen molar-refractivity contribution >= 4 is 23.8 Å². The van der Waals surface area contributed by atoms with Crippen LogP contribution in [0.1, 0.15) is 11.1 Å². The Labute approximate surface area is 106 Å². The summed E-state index contributed by atoms with van der Waals surface area (Å²) in [6.07, 6.45) is 2.55. The van der Waals surface area contributed by atoms with Crippen molar-refractivity contribution < 1.29 is 14.7 Å². The van der Waals surface area contributed by atoms with Crippen LogP contribution in [0.5, 0.6) is 0 Å². The van der Waals surface area contributed by atoms with Gasteiger partial charge in [-0.25, -0.2) is 9.59 Å². The minimum atomic E-state index is -1.00. The van der Waals surface area contributed by atoms with Gasteiger partial charge in [0.05, 0.1) is 0 Å². The summed E-state index contributed by atoms with van der Waals surface area (Å²) < 4.78 is 0. The molecule has 18 heavy (non-hydrogen) atoms. The molecule has 0 heterocycles. The van der Waals surface area contributed by atoms with Gasteiger partial charge in [0.1, 0.15) is 0 Å². The topological polar surface area (TPSA) is 69.6 Å². The summed E-state index contributed by atoms with van der Waals surface area (Å²) in [6, 6.07) is 5.15. The maximum Gasteiger partial charge on any atom is 0.328 e. The zero-order valence-corrected chi connectivity index (χ0v) is 10.6. The van der Waals surface area contributed by atoms with E-state index >= 15 is 0 Å². The summed E-state index contributed by atoms with van der Waals surface area (Å²) in [5.41, 5.74) is 2.31. The largest absolute Gasteiger partial charge is 0.478 e. The molecule has 0 bridgehead atoms. The summed E-state index contributed by atoms with van der Waals surface area (Å²) in [4.78, 5) is 23.4. The highest BCUT2D eigenvalue weighted by Crippen LogP contribution is 2.16. The monoisotopic (exact) mass is 248 g/mol. The van der Waals surface area contributed by atoms with Crippen LogP contribution in [0.4, 0.5) is 10.5 Å². The van der Waals surface area contributed by atoms with Gasteiger partial charge >= 0.3 is 12.0 Å². The number of rotatable bonds is 3. The molecule has 0 atom stereocenters. The summed E-state index contributed by atoms with van der Waals surface area (Å²) in [7, 11) is 3.30. The molecule has 0 fully saturated rings. The Kier molecular flexibility index (Phi) is 4.48. The third kappa shape index (κ3) is 4.29. The Morgan fingerprint density at radius 3 is 2.50 bits per heavy atom. The highest BCUT2D eigenvalue weighted by atomic mass is 16.4. The summed E-state index contributed by atoms with van der Waals surface area (Å²) >= 11 is 0. The number of hydrogen-bond donors (Lipinski definition) is 2. The maximum absolute atomic E-state index is 11.5. The SMILES string of the molecule is Cc1cc(/C=C/C(=O)O)cc(NC(=O)N(C)C)c1. The van der Waals surface area contributed by atoms with E-state index in [0.717, 1.165) is 17.2 Å². The zero-order chi connectivity index (χ0) is 13.7. The minimum Gasteiger partial charge on any atom is -0.478 e. The van der Waals surface area contributed by atoms with E-state index in [2.05, 4.69) is 5.32 Å². The van der Waals surface area contributed by atoms with E-state index in [1.165, 1.54) is 11.0 Å². The van der Waals surface area contributed by atoms with Gasteiger partial charge in [-0.05, 0) is 36.3 Å². The van der Waals surface area contributed by atoms with Gasteiger partial charge in [0, 0.05) is 25.9 Å². The molecule has 0 saturated heterocycles. The highest BCUT2D eigenvalue weighted by Gasteiger charge is 2.04. The standard InChI is InChI=1S/C13H16N2O3/c1-9-6-10(4-5-12(16)17)8-11(7-9)14-13(18)15(2)3/h4-8H,1-3H3,(H,14,18)(H,16,17)/b5-4+. The van der Waals surface area contributed by atoms with Crippen LogP contribution in [0.25, 0.3) is 6.08 Å². The van der Waals surface area contributed by atoms with E-state index in [1.807, 2.05) is 19.1 Å². The second-order valence-corrected chi connectivity index (χ2v) is 4.13. The van der Waals surface area contributed by atoms with Crippen molar-refractivity contribution in [1.82, 2.24) is 4.90 Å². The molecule has 0 aliphatic heterocycles. The van der Waals surface area contributed by atoms with E-state index in [1.54, 1.807) is 20.2 Å². The van der Waals surface area contributed by atoms with Gasteiger partial charge in [-0.1, -0.05) is 6.07 Å². The number of nitrogens with zero attached hydrogens (tertiary/aromatic N) is 1. The second kappa shape index (κ2) is 5.86. The molecule has 0 saturated carbocycles. The number of benzene rings is 1. The van der Waals surface area contributed by atoms with Crippen molar-refractivity contribution in [2.75, 3.05) is 19.4 Å². The quantitative estimate of drug-likeness (QED) is 0.805. The zero-order valence-electron chi connectivity index (χ0n) is 10.6. The van der Waals surface area contributed by atoms with Crippen molar-refractivity contribution in [2.45, 2.75) is 6.92 Å². The highest BCUT2D eigenvalue weighted by molar-refractivity contribution is 5.90. The Morgan fingerprint density at radius 1 is 1.28 bits per heavy atom. The molecular formula is C13H16N2O3. The average molecular weight is 248 g/mol. The van der Waals surface area contributed by atoms with Crippen LogP contribution >= 0.6 is 0 Å². The lowest BCUT2D eigenvalue weighted by molar-refractivity contribution is -0.131. The Bertz CT molecular complexity index is 493. The van der Waals surface area contributed by atoms with Gasteiger partial charge in [0.2, 0.25) is 0 Å². The summed E-state index contributed by atoms with van der Waals surface area (Å²) in [6.45, 7) is 1.88. The molecule has 0 aliphatic rings. The summed E-state index contributed by atoms with van der Waals surface area (Å²) in [5.74, 6) is -1.00. The van der Waals surface area contributed by atoms with E-state index < -0.39 is 5.97 Å². The van der Waals surface area contributed by atoms with Crippen molar-refractivity contribution in [3.63, 3.8) is 0 Å². The molecule has 5 heteroatoms. The number of anilines is 1. The van der Waals surface area contributed by atoms with E-state index in [9.17, 15) is 9.59 Å². The first-order chi connectivity index (χ1) is 8.38. The lowest BCUT2D eigenvalue weighted by Gasteiger charge is -2.13. The lowest BCUT2D eigenvalue weighted by Crippen LogP contribution is -2.27. The Morgan fingerprint density at radius 2 is 1.94 bits per heavy atom. The first-order valence-electron chi connectivity index (χ1n) is 5.39. The predicted octanol–water partition coefficient (Wildman–Crippen LogP) is 2.19. The van der Waals surface area contributed by atoms with Gasteiger partial charge in [0.25, 0.3) is 0 Å². The van der Waals surface area contributed by atoms with E-state index in [-0.39, 0.29) is 6.03 Å². The third-order valence-electron chi connectivity index (χ3n) is 2.18. The van der Waals surface area contributed by atoms with E-state index in [4.69, 9.17) is 5.11 Å². The van der Waals surface area contributed by atoms with Crippen molar-refractivity contribution in [1.29, 1.82) is 0 Å². The number of carboxylic acids is 1. The van der Waals surface area contributed by atoms with E-state index in [0.29, 0.717) is 5.69 Å². The van der Waals surface area contributed by atoms with Gasteiger partial charge in [-0.3, -0.25) is 0 Å². The molecule has 0 unspecified atom stereocenters. The Hall–Kier alpha value is -2.30. The van der Waals surface area contributed by atoms with Crippen LogP contribution in [0.2, 0.25) is 0 Å². The molecule has 0 spiro atoms. The number of amides is 2. The normalized spacial score (nSPS) is 10.4. The van der Waals surface area contributed by atoms with Crippen LogP contribution in [0.3, 0.4) is 0 Å². The number of nitrogens with one attached hydrogen (secondary N) is 1. The second-order valence-electron chi connectivity index (χ2n) is 4.13. The van der Waals surface area contributed by atoms with Crippen LogP contribution in [0, 0.1) is 6.92 Å². The summed E-state index contributed by atoms with van der Waals surface area (Å²) in [5, 5.41) is 11.3. The molecule has 2 N–H and O–H groups in total. The number of aryl methyl sites for hydroxylation is 1. The lowest BCUT2D eigenvalue weighted by atomic mass is 10.1. The average Bonchev–Trinajstić information content (AvgIpc) is 2.25. The fraction of sp³-hybridized carbons (Fsp3) is 0.231. The van der Waals surface area contributed by atoms with Crippen LogP contribution in [-0.4, -0.2) is 36.1 Å². The fourth-order valence-corrected chi connectivity index (χ4v) is 1.38. The maximum atomic E-state index is 11.5. The molecule has 1 rings (SSSR count). The third-order valence-corrected chi connectivity index (χ3v) is 2.18. The molecule has 1 aromatic carbocycles. The molecular weight excluding hydrogens is 232 g/mol. The molecule has 2 amide bonds. The first-order valence-corrected chi connectivity index (χ1v) is 5.39. The fourth-order valence-electron chi connectivity index (χ4n) is 1.38. The molecule has 0 aromatic heterocycles. The number of carbonyl (C=O) groups is 2. The van der Waals surface area contributed by atoms with Crippen molar-refractivity contribution in [3.8, 4) is 0 Å². The van der Waals surface area contributed by atoms with Crippen molar-refractivity contribution in [2.24, 2.45) is 0 Å². The number of carbonyl (C=O) groups excluding carboxylic acids is 1. The number of carboxylic acid groups (broad SMARTS) is 1. The van der Waals surface area contributed by atoms with Crippen molar-refractivity contribution in [3.05, 3.63) is 35.4 Å². The molecule has 1 aromatic rings. The van der Waals surface area contributed by atoms with Gasteiger partial charge in [-0.2, -0.15) is 0 Å². The number of hydrogen-bond acceptors (Lipinski definition) is 2. The molecule has 96 valence electrons. The van der Waals surface area contributed by atoms with Gasteiger partial charge in [-0.15, -0.1) is 0 Å². The molecule has 0 aliphatic carbocycles. The molecule has 0 radical (unpaired) electrons. The number of urea groups is 1. The smallest absolute Gasteiger partial charge is 0.328 e. The van der Waals surface area contributed by atoms with Gasteiger partial charge < -0.3 is 15.3 Å². The first kappa shape index (κ1) is 13.8. The predicted molar refractivity (Wildman–Crippen MR) is 70.6 cm³/mol. The molecule has 5 nitrogen and oxygen atoms in total. The minimum absolute atomic E-state index is 0.228. The number of aliphatic carboxylic acids is 1. The van der Waals surface area contributed by atoms with Crippen LogP contribution < -0.4 is 5.32 Å².